The van der Waals surface area contributed by atoms with Crippen LogP contribution in [0.3, 0.4) is 0 Å². The Morgan fingerprint density at radius 1 is 0.714 bits per heavy atom. The van der Waals surface area contributed by atoms with Gasteiger partial charge in [-0.2, -0.15) is 0 Å². The molecule has 0 fully saturated rings. The SMILES string of the molecule is CCCSc1nnc(-c2ccc(N(C)C)cc2)c(-c2ccc(N(C)C)cc2)n1. The maximum absolute atomic E-state index is 4.85. The van der Waals surface area contributed by atoms with Crippen molar-refractivity contribution in [1.82, 2.24) is 15.2 Å². The highest BCUT2D eigenvalue weighted by Gasteiger charge is 2.14. The van der Waals surface area contributed by atoms with E-state index in [9.17, 15) is 0 Å². The standard InChI is InChI=1S/C22H27N5S/c1-6-15-28-22-23-20(16-7-11-18(12-8-16)26(2)3)21(24-25-22)17-9-13-19(14-10-17)27(4)5/h7-14H,6,15H2,1-5H3. The van der Waals surface area contributed by atoms with Gasteiger partial charge in [-0.15, -0.1) is 10.2 Å². The van der Waals surface area contributed by atoms with Crippen LogP contribution in [0, 0.1) is 0 Å². The van der Waals surface area contributed by atoms with Gasteiger partial charge in [0.15, 0.2) is 0 Å². The van der Waals surface area contributed by atoms with Crippen LogP contribution in [-0.4, -0.2) is 49.1 Å². The number of rotatable bonds is 7. The molecule has 146 valence electrons. The quantitative estimate of drug-likeness (QED) is 0.535. The molecule has 0 bridgehead atoms. The molecule has 0 aliphatic heterocycles. The van der Waals surface area contributed by atoms with Crippen molar-refractivity contribution in [2.75, 3.05) is 43.7 Å². The summed E-state index contributed by atoms with van der Waals surface area (Å²) in [6, 6.07) is 16.8. The zero-order valence-corrected chi connectivity index (χ0v) is 18.0. The molecule has 0 N–H and O–H groups in total. The Bertz CT molecular complexity index is 905. The van der Waals surface area contributed by atoms with Gasteiger partial charge in [0.25, 0.3) is 0 Å². The normalized spacial score (nSPS) is 10.8. The van der Waals surface area contributed by atoms with Gasteiger partial charge in [-0.1, -0.05) is 43.0 Å². The molecule has 0 amide bonds. The van der Waals surface area contributed by atoms with E-state index in [-0.39, 0.29) is 0 Å². The van der Waals surface area contributed by atoms with E-state index in [1.54, 1.807) is 11.8 Å². The van der Waals surface area contributed by atoms with E-state index < -0.39 is 0 Å². The number of anilines is 2. The fourth-order valence-electron chi connectivity index (χ4n) is 2.80. The number of hydrogen-bond donors (Lipinski definition) is 0. The first-order chi connectivity index (χ1) is 13.5. The monoisotopic (exact) mass is 393 g/mol. The van der Waals surface area contributed by atoms with Crippen LogP contribution in [0.2, 0.25) is 0 Å². The Balaban J connectivity index is 2.05. The lowest BCUT2D eigenvalue weighted by Crippen LogP contribution is -2.08. The van der Waals surface area contributed by atoms with Gasteiger partial charge in [0.1, 0.15) is 11.4 Å². The van der Waals surface area contributed by atoms with Crippen LogP contribution in [-0.2, 0) is 0 Å². The van der Waals surface area contributed by atoms with E-state index in [2.05, 4.69) is 75.5 Å². The molecule has 3 rings (SSSR count). The van der Waals surface area contributed by atoms with Crippen molar-refractivity contribution in [3.63, 3.8) is 0 Å². The number of thioether (sulfide) groups is 1. The second kappa shape index (κ2) is 9.06. The first kappa shape index (κ1) is 20.1. The average molecular weight is 394 g/mol. The average Bonchev–Trinajstić information content (AvgIpc) is 2.72. The predicted molar refractivity (Wildman–Crippen MR) is 120 cm³/mol. The Hall–Kier alpha value is -2.60. The van der Waals surface area contributed by atoms with Crippen LogP contribution in [0.25, 0.3) is 22.5 Å². The second-order valence-electron chi connectivity index (χ2n) is 7.02. The van der Waals surface area contributed by atoms with Crippen molar-refractivity contribution in [1.29, 1.82) is 0 Å². The summed E-state index contributed by atoms with van der Waals surface area (Å²) >= 11 is 1.65. The topological polar surface area (TPSA) is 45.2 Å². The summed E-state index contributed by atoms with van der Waals surface area (Å²) in [4.78, 5) is 9.03. The lowest BCUT2D eigenvalue weighted by atomic mass is 10.0. The van der Waals surface area contributed by atoms with Gasteiger partial charge in [-0.3, -0.25) is 0 Å². The smallest absolute Gasteiger partial charge is 0.209 e. The number of nitrogens with zero attached hydrogens (tertiary/aromatic N) is 5. The van der Waals surface area contributed by atoms with Gasteiger partial charge < -0.3 is 9.80 Å². The molecule has 1 aromatic heterocycles. The maximum Gasteiger partial charge on any atom is 0.209 e. The summed E-state index contributed by atoms with van der Waals surface area (Å²) in [5, 5.41) is 9.64. The molecule has 1 heterocycles. The summed E-state index contributed by atoms with van der Waals surface area (Å²) in [5.41, 5.74) is 6.05. The minimum absolute atomic E-state index is 0.724. The number of benzene rings is 2. The zero-order chi connectivity index (χ0) is 20.1. The van der Waals surface area contributed by atoms with Crippen LogP contribution in [0.15, 0.2) is 53.7 Å². The first-order valence-electron chi connectivity index (χ1n) is 9.42. The molecule has 0 saturated heterocycles. The van der Waals surface area contributed by atoms with Crippen molar-refractivity contribution in [2.45, 2.75) is 18.5 Å². The van der Waals surface area contributed by atoms with E-state index >= 15 is 0 Å². The molecular weight excluding hydrogens is 366 g/mol. The second-order valence-corrected chi connectivity index (χ2v) is 8.08. The van der Waals surface area contributed by atoms with Crippen LogP contribution in [0.4, 0.5) is 11.4 Å². The van der Waals surface area contributed by atoms with Crippen LogP contribution < -0.4 is 9.80 Å². The van der Waals surface area contributed by atoms with Gasteiger partial charge in [0.2, 0.25) is 5.16 Å². The molecule has 3 aromatic rings. The van der Waals surface area contributed by atoms with Crippen molar-refractivity contribution in [2.24, 2.45) is 0 Å². The molecule has 0 aliphatic rings. The van der Waals surface area contributed by atoms with Crippen molar-refractivity contribution in [3.05, 3.63) is 48.5 Å². The summed E-state index contributed by atoms with van der Waals surface area (Å²) in [7, 11) is 8.15. The lowest BCUT2D eigenvalue weighted by molar-refractivity contribution is 0.848. The molecule has 0 spiro atoms. The Morgan fingerprint density at radius 2 is 1.21 bits per heavy atom. The predicted octanol–water partition coefficient (Wildman–Crippen LogP) is 4.84. The van der Waals surface area contributed by atoms with Gasteiger partial charge >= 0.3 is 0 Å². The van der Waals surface area contributed by atoms with Crippen molar-refractivity contribution >= 4 is 23.1 Å². The highest BCUT2D eigenvalue weighted by Crippen LogP contribution is 2.31. The Labute approximate surface area is 171 Å². The molecule has 0 radical (unpaired) electrons. The minimum Gasteiger partial charge on any atom is -0.378 e. The third-order valence-electron chi connectivity index (χ3n) is 4.42. The molecular formula is C22H27N5S. The Kier molecular flexibility index (Phi) is 6.52. The number of hydrogen-bond acceptors (Lipinski definition) is 6. The van der Waals surface area contributed by atoms with Crippen LogP contribution in [0.1, 0.15) is 13.3 Å². The molecule has 2 aromatic carbocycles. The molecule has 0 unspecified atom stereocenters. The van der Waals surface area contributed by atoms with E-state index in [1.807, 2.05) is 28.2 Å². The van der Waals surface area contributed by atoms with E-state index in [0.29, 0.717) is 0 Å². The Morgan fingerprint density at radius 3 is 1.68 bits per heavy atom. The molecule has 0 saturated carbocycles. The van der Waals surface area contributed by atoms with Gasteiger partial charge in [0, 0.05) is 56.4 Å². The minimum atomic E-state index is 0.724. The van der Waals surface area contributed by atoms with E-state index in [0.717, 1.165) is 51.2 Å². The molecule has 5 nitrogen and oxygen atoms in total. The van der Waals surface area contributed by atoms with Gasteiger partial charge in [-0.25, -0.2) is 4.98 Å². The summed E-state index contributed by atoms with van der Waals surface area (Å²) in [5.74, 6) is 0.984. The first-order valence-corrected chi connectivity index (χ1v) is 10.4. The molecule has 28 heavy (non-hydrogen) atoms. The molecule has 0 atom stereocenters. The molecule has 0 aliphatic carbocycles. The third-order valence-corrected chi connectivity index (χ3v) is 5.46. The fraction of sp³-hybridized carbons (Fsp3) is 0.318. The lowest BCUT2D eigenvalue weighted by Gasteiger charge is -2.15. The van der Waals surface area contributed by atoms with Crippen molar-refractivity contribution < 1.29 is 0 Å². The van der Waals surface area contributed by atoms with E-state index in [4.69, 9.17) is 4.98 Å². The van der Waals surface area contributed by atoms with E-state index in [1.165, 1.54) is 0 Å². The van der Waals surface area contributed by atoms with Gasteiger partial charge in [-0.05, 0) is 30.7 Å². The largest absolute Gasteiger partial charge is 0.378 e. The van der Waals surface area contributed by atoms with Crippen LogP contribution in [0.5, 0.6) is 0 Å². The highest BCUT2D eigenvalue weighted by atomic mass is 32.2. The zero-order valence-electron chi connectivity index (χ0n) is 17.2. The summed E-state index contributed by atoms with van der Waals surface area (Å²) in [6.45, 7) is 2.15. The maximum atomic E-state index is 4.85. The highest BCUT2D eigenvalue weighted by molar-refractivity contribution is 7.99. The fourth-order valence-corrected chi connectivity index (χ4v) is 3.44. The third kappa shape index (κ3) is 4.62. The van der Waals surface area contributed by atoms with Gasteiger partial charge in [0.05, 0.1) is 0 Å². The summed E-state index contributed by atoms with van der Waals surface area (Å²) in [6.07, 6.45) is 1.08. The number of aromatic nitrogens is 3. The summed E-state index contributed by atoms with van der Waals surface area (Å²) < 4.78 is 0. The van der Waals surface area contributed by atoms with Crippen LogP contribution >= 0.6 is 11.8 Å². The molecule has 6 heteroatoms. The van der Waals surface area contributed by atoms with Crippen molar-refractivity contribution in [3.8, 4) is 22.5 Å².